The topological polar surface area (TPSA) is 67.4 Å². The maximum absolute atomic E-state index is 12.7. The molecule has 0 radical (unpaired) electrons. The lowest BCUT2D eigenvalue weighted by Crippen LogP contribution is -2.47. The van der Waals surface area contributed by atoms with Gasteiger partial charge in [0.2, 0.25) is 0 Å². The second-order valence-electron chi connectivity index (χ2n) is 9.45. The minimum Gasteiger partial charge on any atom is -0.444 e. The molecule has 4 rings (SSSR count). The number of rotatable bonds is 4. The van der Waals surface area contributed by atoms with Gasteiger partial charge in [-0.15, -0.1) is 11.8 Å². The Bertz CT molecular complexity index is 918. The van der Waals surface area contributed by atoms with E-state index in [-0.39, 0.29) is 17.6 Å². The van der Waals surface area contributed by atoms with Crippen LogP contribution in [-0.4, -0.2) is 40.5 Å². The summed E-state index contributed by atoms with van der Waals surface area (Å²) >= 11 is 1.70. The Balaban J connectivity index is 1.50. The summed E-state index contributed by atoms with van der Waals surface area (Å²) in [5, 5.41) is 4.18. The largest absolute Gasteiger partial charge is 0.444 e. The number of fused-ring (bicyclic) bond motifs is 1. The van der Waals surface area contributed by atoms with Gasteiger partial charge in [-0.2, -0.15) is 0 Å². The van der Waals surface area contributed by atoms with Gasteiger partial charge in [-0.05, 0) is 56.9 Å². The molecule has 1 spiro atoms. The molecule has 6 nitrogen and oxygen atoms in total. The van der Waals surface area contributed by atoms with E-state index in [2.05, 4.69) is 51.4 Å². The average Bonchev–Trinajstić information content (AvgIpc) is 3.01. The molecule has 1 aromatic heterocycles. The molecule has 0 unspecified atom stereocenters. The number of piperidine rings is 1. The molecule has 1 fully saturated rings. The zero-order valence-corrected chi connectivity index (χ0v) is 19.7. The number of hydrogen-bond acceptors (Lipinski definition) is 6. The van der Waals surface area contributed by atoms with Crippen LogP contribution in [0.25, 0.3) is 0 Å². The van der Waals surface area contributed by atoms with Crippen molar-refractivity contribution in [1.29, 1.82) is 0 Å². The molecule has 0 bridgehead atoms. The van der Waals surface area contributed by atoms with Gasteiger partial charge in [-0.3, -0.25) is 0 Å². The standard InChI is InChI=1S/C24H32N4O2S/c1-5-31-20-16-25-19(15-26-20)28-12-10-24(11-13-28)14-17-8-6-7-9-18(17)21(24)27-22(29)30-23(2,3)4/h6-9,15-16,21H,5,10-14H2,1-4H3,(H,27,29)/t21-/m1/s1. The van der Waals surface area contributed by atoms with Crippen molar-refractivity contribution in [3.63, 3.8) is 0 Å². The number of hydrogen-bond donors (Lipinski definition) is 1. The van der Waals surface area contributed by atoms with Gasteiger partial charge >= 0.3 is 6.09 Å². The lowest BCUT2D eigenvalue weighted by molar-refractivity contribution is 0.0428. The van der Waals surface area contributed by atoms with E-state index in [1.54, 1.807) is 11.8 Å². The fourth-order valence-electron chi connectivity index (χ4n) is 4.79. The minimum atomic E-state index is -0.514. The molecule has 1 aromatic carbocycles. The molecule has 1 N–H and O–H groups in total. The molecule has 2 heterocycles. The summed E-state index contributed by atoms with van der Waals surface area (Å²) in [6.45, 7) is 9.61. The fourth-order valence-corrected chi connectivity index (χ4v) is 5.34. The number of benzene rings is 1. The Kier molecular flexibility index (Phi) is 6.15. The SMILES string of the molecule is CCSc1cnc(N2CCC3(CC2)Cc2ccccc2[C@H]3NC(=O)OC(C)(C)C)cn1. The normalized spacial score (nSPS) is 19.9. The van der Waals surface area contributed by atoms with Crippen LogP contribution in [0.5, 0.6) is 0 Å². The van der Waals surface area contributed by atoms with E-state index in [4.69, 9.17) is 4.74 Å². The van der Waals surface area contributed by atoms with Crippen LogP contribution in [0.2, 0.25) is 0 Å². The predicted molar refractivity (Wildman–Crippen MR) is 125 cm³/mol. The van der Waals surface area contributed by atoms with Crippen LogP contribution in [0.3, 0.4) is 0 Å². The molecule has 1 atom stereocenters. The molecule has 2 aromatic rings. The van der Waals surface area contributed by atoms with Gasteiger partial charge in [0.05, 0.1) is 18.4 Å². The summed E-state index contributed by atoms with van der Waals surface area (Å²) in [6, 6.07) is 8.45. The van der Waals surface area contributed by atoms with Crippen molar-refractivity contribution in [2.45, 2.75) is 63.6 Å². The van der Waals surface area contributed by atoms with E-state index in [1.807, 2.05) is 33.2 Å². The Hall–Kier alpha value is -2.28. The highest BCUT2D eigenvalue weighted by Crippen LogP contribution is 2.52. The number of alkyl carbamates (subject to hydrolysis) is 1. The fraction of sp³-hybridized carbons (Fsp3) is 0.542. The van der Waals surface area contributed by atoms with Crippen molar-refractivity contribution in [2.75, 3.05) is 23.7 Å². The van der Waals surface area contributed by atoms with Gasteiger partial charge in [0.25, 0.3) is 0 Å². The number of thioether (sulfide) groups is 1. The Labute approximate surface area is 189 Å². The third kappa shape index (κ3) is 4.81. The Morgan fingerprint density at radius 3 is 2.61 bits per heavy atom. The van der Waals surface area contributed by atoms with Crippen molar-refractivity contribution < 1.29 is 9.53 Å². The van der Waals surface area contributed by atoms with E-state index in [0.717, 1.165) is 48.9 Å². The molecule has 166 valence electrons. The molecular formula is C24H32N4O2S. The second-order valence-corrected chi connectivity index (χ2v) is 10.7. The number of nitrogens with zero attached hydrogens (tertiary/aromatic N) is 3. The maximum atomic E-state index is 12.7. The predicted octanol–water partition coefficient (Wildman–Crippen LogP) is 5.00. The summed E-state index contributed by atoms with van der Waals surface area (Å²) in [6.07, 6.45) is 6.35. The molecule has 0 saturated carbocycles. The highest BCUT2D eigenvalue weighted by Gasteiger charge is 2.48. The lowest BCUT2D eigenvalue weighted by atomic mass is 9.72. The van der Waals surface area contributed by atoms with E-state index < -0.39 is 5.60 Å². The van der Waals surface area contributed by atoms with Crippen molar-refractivity contribution in [3.8, 4) is 0 Å². The zero-order valence-electron chi connectivity index (χ0n) is 18.9. The minimum absolute atomic E-state index is 0.00250. The summed E-state index contributed by atoms with van der Waals surface area (Å²) in [4.78, 5) is 24.1. The first-order valence-corrected chi connectivity index (χ1v) is 12.1. The number of amides is 1. The maximum Gasteiger partial charge on any atom is 0.408 e. The zero-order chi connectivity index (χ0) is 22.1. The second kappa shape index (κ2) is 8.69. The summed E-state index contributed by atoms with van der Waals surface area (Å²) in [7, 11) is 0. The van der Waals surface area contributed by atoms with Crippen LogP contribution >= 0.6 is 11.8 Å². The third-order valence-electron chi connectivity index (χ3n) is 6.17. The van der Waals surface area contributed by atoms with Crippen molar-refractivity contribution >= 4 is 23.7 Å². The first-order valence-electron chi connectivity index (χ1n) is 11.1. The van der Waals surface area contributed by atoms with E-state index in [1.165, 1.54) is 11.1 Å². The van der Waals surface area contributed by atoms with Gasteiger partial charge < -0.3 is 15.0 Å². The quantitative estimate of drug-likeness (QED) is 0.675. The summed E-state index contributed by atoms with van der Waals surface area (Å²) in [5.41, 5.74) is 2.04. The lowest BCUT2D eigenvalue weighted by Gasteiger charge is -2.43. The van der Waals surface area contributed by atoms with E-state index in [0.29, 0.717) is 0 Å². The van der Waals surface area contributed by atoms with Crippen LogP contribution in [-0.2, 0) is 11.2 Å². The van der Waals surface area contributed by atoms with Gasteiger partial charge in [0, 0.05) is 18.5 Å². The van der Waals surface area contributed by atoms with E-state index >= 15 is 0 Å². The van der Waals surface area contributed by atoms with Crippen LogP contribution in [0, 0.1) is 5.41 Å². The van der Waals surface area contributed by atoms with Crippen LogP contribution in [0.15, 0.2) is 41.7 Å². The molecule has 1 saturated heterocycles. The first-order chi connectivity index (χ1) is 14.8. The number of ether oxygens (including phenoxy) is 1. The van der Waals surface area contributed by atoms with Crippen molar-refractivity contribution in [1.82, 2.24) is 15.3 Å². The molecule has 31 heavy (non-hydrogen) atoms. The summed E-state index contributed by atoms with van der Waals surface area (Å²) < 4.78 is 5.59. The summed E-state index contributed by atoms with van der Waals surface area (Å²) in [5.74, 6) is 1.93. The number of carbonyl (C=O) groups excluding carboxylic acids is 1. The van der Waals surface area contributed by atoms with E-state index in [9.17, 15) is 4.79 Å². The van der Waals surface area contributed by atoms with Gasteiger partial charge in [-0.1, -0.05) is 31.2 Å². The smallest absolute Gasteiger partial charge is 0.408 e. The number of carbonyl (C=O) groups is 1. The van der Waals surface area contributed by atoms with Crippen LogP contribution in [0.4, 0.5) is 10.6 Å². The van der Waals surface area contributed by atoms with Crippen molar-refractivity contribution in [3.05, 3.63) is 47.8 Å². The van der Waals surface area contributed by atoms with Gasteiger partial charge in [0.1, 0.15) is 16.4 Å². The molecule has 1 aliphatic heterocycles. The molecule has 7 heteroatoms. The Morgan fingerprint density at radius 1 is 1.23 bits per heavy atom. The number of anilines is 1. The molecular weight excluding hydrogens is 408 g/mol. The third-order valence-corrected chi connectivity index (χ3v) is 6.97. The van der Waals surface area contributed by atoms with Gasteiger partial charge in [-0.25, -0.2) is 14.8 Å². The highest BCUT2D eigenvalue weighted by atomic mass is 32.2. The molecule has 2 aliphatic rings. The number of nitrogens with one attached hydrogen (secondary N) is 1. The monoisotopic (exact) mass is 440 g/mol. The highest BCUT2D eigenvalue weighted by molar-refractivity contribution is 7.99. The Morgan fingerprint density at radius 2 is 1.97 bits per heavy atom. The van der Waals surface area contributed by atoms with Crippen molar-refractivity contribution in [2.24, 2.45) is 5.41 Å². The molecule has 1 amide bonds. The van der Waals surface area contributed by atoms with Crippen LogP contribution < -0.4 is 10.2 Å². The first kappa shape index (κ1) is 21.9. The van der Waals surface area contributed by atoms with Crippen LogP contribution in [0.1, 0.15) is 57.7 Å². The van der Waals surface area contributed by atoms with Gasteiger partial charge in [0.15, 0.2) is 0 Å². The molecule has 1 aliphatic carbocycles. The average molecular weight is 441 g/mol. The number of aromatic nitrogens is 2.